The Hall–Kier alpha value is -4.08. The number of aryl methyl sites for hydroxylation is 2. The summed E-state index contributed by atoms with van der Waals surface area (Å²) in [5, 5.41) is 21.3. The molecule has 48 heavy (non-hydrogen) atoms. The summed E-state index contributed by atoms with van der Waals surface area (Å²) in [4.78, 5) is 51.5. The molecule has 2 rings (SSSR count). The molecule has 4 amide bonds. The SMILES string of the molecule is CCCCCCCC(CCC(=O)NNC(=O)c1cccc(CCCCCC)c1O)C(=O)NNC(=O)c1cccc(CCCCCC)c1O. The van der Waals surface area contributed by atoms with E-state index in [2.05, 4.69) is 42.5 Å². The van der Waals surface area contributed by atoms with Crippen LogP contribution in [0.1, 0.15) is 155 Å². The van der Waals surface area contributed by atoms with Crippen molar-refractivity contribution in [3.63, 3.8) is 0 Å². The molecule has 0 saturated carbocycles. The summed E-state index contributed by atoms with van der Waals surface area (Å²) in [7, 11) is 0. The van der Waals surface area contributed by atoms with E-state index in [0.717, 1.165) is 83.5 Å². The van der Waals surface area contributed by atoms with Gasteiger partial charge in [-0.05, 0) is 61.8 Å². The van der Waals surface area contributed by atoms with E-state index in [9.17, 15) is 29.4 Å². The van der Waals surface area contributed by atoms with E-state index in [-0.39, 0.29) is 35.5 Å². The number of carbonyl (C=O) groups excluding carboxylic acids is 4. The van der Waals surface area contributed by atoms with E-state index >= 15 is 0 Å². The van der Waals surface area contributed by atoms with Gasteiger partial charge in [0.1, 0.15) is 11.5 Å². The van der Waals surface area contributed by atoms with Gasteiger partial charge in [-0.2, -0.15) is 0 Å². The van der Waals surface area contributed by atoms with E-state index in [1.807, 2.05) is 0 Å². The summed E-state index contributed by atoms with van der Waals surface area (Å²) in [6.45, 7) is 6.39. The van der Waals surface area contributed by atoms with Crippen LogP contribution in [0.2, 0.25) is 0 Å². The number of hydrazine groups is 2. The highest BCUT2D eigenvalue weighted by Crippen LogP contribution is 2.26. The van der Waals surface area contributed by atoms with Gasteiger partial charge in [-0.1, -0.05) is 116 Å². The predicted molar refractivity (Wildman–Crippen MR) is 189 cm³/mol. The fourth-order valence-electron chi connectivity index (χ4n) is 5.69. The second kappa shape index (κ2) is 23.3. The van der Waals surface area contributed by atoms with E-state index in [1.165, 1.54) is 12.1 Å². The van der Waals surface area contributed by atoms with Crippen LogP contribution < -0.4 is 21.7 Å². The number of hydrogen-bond donors (Lipinski definition) is 6. The molecule has 0 spiro atoms. The van der Waals surface area contributed by atoms with Gasteiger partial charge in [-0.15, -0.1) is 0 Å². The van der Waals surface area contributed by atoms with Crippen molar-refractivity contribution in [3.05, 3.63) is 58.7 Å². The molecule has 0 aromatic heterocycles. The maximum atomic E-state index is 13.2. The number of aromatic hydroxyl groups is 2. The number of nitrogens with one attached hydrogen (secondary N) is 4. The van der Waals surface area contributed by atoms with Crippen molar-refractivity contribution in [2.24, 2.45) is 5.92 Å². The van der Waals surface area contributed by atoms with E-state index in [1.54, 1.807) is 24.3 Å². The average molecular weight is 667 g/mol. The third kappa shape index (κ3) is 14.4. The Bertz CT molecular complexity index is 1300. The van der Waals surface area contributed by atoms with Crippen LogP contribution in [0.4, 0.5) is 0 Å². The first-order valence-electron chi connectivity index (χ1n) is 18.0. The van der Waals surface area contributed by atoms with Gasteiger partial charge < -0.3 is 10.2 Å². The monoisotopic (exact) mass is 666 g/mol. The van der Waals surface area contributed by atoms with Gasteiger partial charge in [0.05, 0.1) is 11.1 Å². The van der Waals surface area contributed by atoms with E-state index in [4.69, 9.17) is 0 Å². The zero-order chi connectivity index (χ0) is 35.1. The van der Waals surface area contributed by atoms with Crippen molar-refractivity contribution in [1.29, 1.82) is 0 Å². The van der Waals surface area contributed by atoms with Gasteiger partial charge in [0, 0.05) is 12.3 Å². The smallest absolute Gasteiger partial charge is 0.273 e. The molecule has 0 saturated heterocycles. The van der Waals surface area contributed by atoms with Crippen LogP contribution in [0, 0.1) is 5.92 Å². The fraction of sp³-hybridized carbons (Fsp3) is 0.579. The maximum Gasteiger partial charge on any atom is 0.273 e. The highest BCUT2D eigenvalue weighted by atomic mass is 16.3. The summed E-state index contributed by atoms with van der Waals surface area (Å²) < 4.78 is 0. The quantitative estimate of drug-likeness (QED) is 0.0571. The molecule has 10 heteroatoms. The van der Waals surface area contributed by atoms with Gasteiger partial charge in [0.2, 0.25) is 11.8 Å². The van der Waals surface area contributed by atoms with Crippen molar-refractivity contribution >= 4 is 23.6 Å². The molecule has 10 nitrogen and oxygen atoms in total. The van der Waals surface area contributed by atoms with Crippen LogP contribution in [0.3, 0.4) is 0 Å². The third-order valence-electron chi connectivity index (χ3n) is 8.69. The number of para-hydroxylation sites is 2. The van der Waals surface area contributed by atoms with Gasteiger partial charge >= 0.3 is 0 Å². The molecule has 0 heterocycles. The maximum absolute atomic E-state index is 13.2. The number of carbonyl (C=O) groups is 4. The minimum Gasteiger partial charge on any atom is -0.507 e. The van der Waals surface area contributed by atoms with Crippen LogP contribution in [0.15, 0.2) is 36.4 Å². The Kier molecular flexibility index (Phi) is 19.4. The normalized spacial score (nSPS) is 11.5. The van der Waals surface area contributed by atoms with Crippen molar-refractivity contribution in [2.75, 3.05) is 0 Å². The molecule has 2 aromatic carbocycles. The lowest BCUT2D eigenvalue weighted by molar-refractivity contribution is -0.127. The summed E-state index contributed by atoms with van der Waals surface area (Å²) >= 11 is 0. The minimum absolute atomic E-state index is 0.0361. The average Bonchev–Trinajstić information content (AvgIpc) is 3.08. The first-order valence-corrected chi connectivity index (χ1v) is 18.0. The molecule has 1 unspecified atom stereocenters. The summed E-state index contributed by atoms with van der Waals surface area (Å²) in [6.07, 6.45) is 15.4. The first kappa shape index (κ1) is 40.1. The summed E-state index contributed by atoms with van der Waals surface area (Å²) in [5.41, 5.74) is 11.2. The first-order chi connectivity index (χ1) is 23.2. The van der Waals surface area contributed by atoms with Gasteiger partial charge in [0.15, 0.2) is 0 Å². The molecule has 0 radical (unpaired) electrons. The van der Waals surface area contributed by atoms with Crippen LogP contribution in [-0.2, 0) is 22.4 Å². The zero-order valence-electron chi connectivity index (χ0n) is 29.3. The fourth-order valence-corrected chi connectivity index (χ4v) is 5.69. The lowest BCUT2D eigenvalue weighted by Crippen LogP contribution is -2.45. The minimum atomic E-state index is -0.627. The second-order valence-corrected chi connectivity index (χ2v) is 12.6. The van der Waals surface area contributed by atoms with Gasteiger partial charge in [-0.3, -0.25) is 40.9 Å². The molecular formula is C38H58N4O6. The third-order valence-corrected chi connectivity index (χ3v) is 8.69. The highest BCUT2D eigenvalue weighted by molar-refractivity contribution is 5.99. The lowest BCUT2D eigenvalue weighted by Gasteiger charge is -2.18. The molecule has 1 atom stereocenters. The Morgan fingerprint density at radius 2 is 1.02 bits per heavy atom. The Balaban J connectivity index is 1.94. The Labute approximate surface area is 286 Å². The van der Waals surface area contributed by atoms with Crippen molar-refractivity contribution in [1.82, 2.24) is 21.7 Å². The molecule has 2 aromatic rings. The van der Waals surface area contributed by atoms with Crippen LogP contribution in [0.5, 0.6) is 11.5 Å². The Morgan fingerprint density at radius 3 is 1.52 bits per heavy atom. The van der Waals surface area contributed by atoms with Gasteiger partial charge in [0.25, 0.3) is 11.8 Å². The molecule has 0 aliphatic heterocycles. The number of hydrogen-bond acceptors (Lipinski definition) is 6. The number of rotatable bonds is 22. The zero-order valence-corrected chi connectivity index (χ0v) is 29.3. The van der Waals surface area contributed by atoms with Crippen molar-refractivity contribution in [3.8, 4) is 11.5 Å². The molecule has 0 aliphatic rings. The molecular weight excluding hydrogens is 608 g/mol. The number of amides is 4. The van der Waals surface area contributed by atoms with Crippen LogP contribution in [-0.4, -0.2) is 33.8 Å². The molecule has 266 valence electrons. The van der Waals surface area contributed by atoms with Crippen LogP contribution in [0.25, 0.3) is 0 Å². The number of phenolic OH excluding ortho intramolecular Hbond substituents is 2. The lowest BCUT2D eigenvalue weighted by atomic mass is 9.95. The predicted octanol–water partition coefficient (Wildman–Crippen LogP) is 7.32. The summed E-state index contributed by atoms with van der Waals surface area (Å²) in [6, 6.07) is 10.0. The van der Waals surface area contributed by atoms with E-state index in [0.29, 0.717) is 30.4 Å². The standard InChI is InChI=1S/C38H58N4O6/c1-4-7-10-13-16-21-30(36(46)40-42-38(48)32-25-18-23-29(35(32)45)20-15-12-9-6-3)26-27-33(43)39-41-37(47)31-24-17-22-28(34(31)44)19-14-11-8-5-2/h17-18,22-25,30,44-45H,4-16,19-21,26-27H2,1-3H3,(H,39,43)(H,40,46)(H,41,47)(H,42,48). The molecule has 0 aliphatic carbocycles. The van der Waals surface area contributed by atoms with Crippen molar-refractivity contribution in [2.45, 2.75) is 136 Å². The van der Waals surface area contributed by atoms with Gasteiger partial charge in [-0.25, -0.2) is 0 Å². The largest absolute Gasteiger partial charge is 0.507 e. The highest BCUT2D eigenvalue weighted by Gasteiger charge is 2.22. The second-order valence-electron chi connectivity index (χ2n) is 12.6. The summed E-state index contributed by atoms with van der Waals surface area (Å²) in [5.74, 6) is -2.88. The number of unbranched alkanes of at least 4 members (excludes halogenated alkanes) is 10. The van der Waals surface area contributed by atoms with Crippen LogP contribution >= 0.6 is 0 Å². The number of phenols is 2. The molecule has 0 bridgehead atoms. The van der Waals surface area contributed by atoms with Crippen molar-refractivity contribution < 1.29 is 29.4 Å². The topological polar surface area (TPSA) is 157 Å². The number of benzene rings is 2. The van der Waals surface area contributed by atoms with E-state index < -0.39 is 29.5 Å². The molecule has 6 N–H and O–H groups in total. The molecule has 0 fully saturated rings. The Morgan fingerprint density at radius 1 is 0.562 bits per heavy atom.